The smallest absolute Gasteiger partial charge is 0.272 e. The number of nitriles is 1. The molecule has 1 heterocycles. The van der Waals surface area contributed by atoms with Crippen LogP contribution in [0.4, 0.5) is 5.69 Å². The van der Waals surface area contributed by atoms with Crippen LogP contribution in [0.2, 0.25) is 5.02 Å². The third-order valence-corrected chi connectivity index (χ3v) is 4.08. The molecule has 0 unspecified atom stereocenters. The van der Waals surface area contributed by atoms with Crippen LogP contribution in [0.1, 0.15) is 34.9 Å². The van der Waals surface area contributed by atoms with Crippen molar-refractivity contribution in [2.45, 2.75) is 18.9 Å². The third kappa shape index (κ3) is 2.97. The standard InChI is InChI=1S/C15H11BrClN3O/c16-10-6-14(20(8-10)11-2-3-11)15(21)19-13-4-1-9(7-18)5-12(13)17/h1,4-6,8,11H,2-3H2,(H,19,21). The van der Waals surface area contributed by atoms with Crippen LogP contribution in [0.15, 0.2) is 34.9 Å². The van der Waals surface area contributed by atoms with Crippen LogP contribution in [-0.4, -0.2) is 10.5 Å². The molecule has 106 valence electrons. The fourth-order valence-corrected chi connectivity index (χ4v) is 2.82. The average Bonchev–Trinajstić information content (AvgIpc) is 3.23. The molecule has 0 radical (unpaired) electrons. The van der Waals surface area contributed by atoms with Gasteiger partial charge in [-0.05, 0) is 53.0 Å². The first kappa shape index (κ1) is 14.2. The lowest BCUT2D eigenvalue weighted by Gasteiger charge is -2.10. The number of hydrogen-bond donors (Lipinski definition) is 1. The summed E-state index contributed by atoms with van der Waals surface area (Å²) in [6.07, 6.45) is 4.12. The first-order valence-electron chi connectivity index (χ1n) is 6.47. The van der Waals surface area contributed by atoms with Crippen molar-refractivity contribution in [1.82, 2.24) is 4.57 Å². The number of anilines is 1. The molecule has 2 aromatic rings. The van der Waals surface area contributed by atoms with E-state index in [0.29, 0.717) is 28.0 Å². The van der Waals surface area contributed by atoms with Crippen molar-refractivity contribution in [3.05, 3.63) is 51.2 Å². The summed E-state index contributed by atoms with van der Waals surface area (Å²) >= 11 is 9.48. The maximum absolute atomic E-state index is 12.4. The summed E-state index contributed by atoms with van der Waals surface area (Å²) in [7, 11) is 0. The van der Waals surface area contributed by atoms with Crippen LogP contribution < -0.4 is 5.32 Å². The van der Waals surface area contributed by atoms with E-state index in [1.807, 2.05) is 16.8 Å². The van der Waals surface area contributed by atoms with Gasteiger partial charge in [-0.2, -0.15) is 5.26 Å². The van der Waals surface area contributed by atoms with E-state index in [0.717, 1.165) is 17.3 Å². The molecule has 1 aliphatic rings. The summed E-state index contributed by atoms with van der Waals surface area (Å²) in [6, 6.07) is 9.01. The summed E-state index contributed by atoms with van der Waals surface area (Å²) < 4.78 is 2.86. The highest BCUT2D eigenvalue weighted by molar-refractivity contribution is 9.10. The van der Waals surface area contributed by atoms with Crippen molar-refractivity contribution < 1.29 is 4.79 Å². The Bertz CT molecular complexity index is 759. The highest BCUT2D eigenvalue weighted by Crippen LogP contribution is 2.37. The van der Waals surface area contributed by atoms with Gasteiger partial charge in [0.05, 0.1) is 22.3 Å². The molecule has 1 saturated carbocycles. The number of benzene rings is 1. The number of amides is 1. The van der Waals surface area contributed by atoms with E-state index in [1.165, 1.54) is 6.07 Å². The van der Waals surface area contributed by atoms with Gasteiger partial charge < -0.3 is 9.88 Å². The zero-order chi connectivity index (χ0) is 15.0. The molecular formula is C15H11BrClN3O. The molecule has 0 spiro atoms. The maximum atomic E-state index is 12.4. The number of nitrogens with zero attached hydrogens (tertiary/aromatic N) is 2. The molecule has 0 bridgehead atoms. The molecule has 1 amide bonds. The van der Waals surface area contributed by atoms with E-state index < -0.39 is 0 Å². The minimum atomic E-state index is -0.209. The SMILES string of the molecule is N#Cc1ccc(NC(=O)c2cc(Br)cn2C2CC2)c(Cl)c1. The van der Waals surface area contributed by atoms with Gasteiger partial charge >= 0.3 is 0 Å². The molecule has 21 heavy (non-hydrogen) atoms. The van der Waals surface area contributed by atoms with Crippen molar-refractivity contribution in [2.24, 2.45) is 0 Å². The lowest BCUT2D eigenvalue weighted by molar-refractivity contribution is 0.101. The quantitative estimate of drug-likeness (QED) is 0.879. The fraction of sp³-hybridized carbons (Fsp3) is 0.200. The Labute approximate surface area is 135 Å². The highest BCUT2D eigenvalue weighted by Gasteiger charge is 2.27. The van der Waals surface area contributed by atoms with Crippen LogP contribution >= 0.6 is 27.5 Å². The molecule has 0 aliphatic heterocycles. The van der Waals surface area contributed by atoms with Gasteiger partial charge in [-0.3, -0.25) is 4.79 Å². The molecule has 1 aromatic heterocycles. The summed E-state index contributed by atoms with van der Waals surface area (Å²) in [5.74, 6) is -0.209. The molecule has 1 aliphatic carbocycles. The average molecular weight is 365 g/mol. The number of nitrogens with one attached hydrogen (secondary N) is 1. The van der Waals surface area contributed by atoms with E-state index in [2.05, 4.69) is 21.2 Å². The Kier molecular flexibility index (Phi) is 3.75. The lowest BCUT2D eigenvalue weighted by Crippen LogP contribution is -2.16. The first-order chi connectivity index (χ1) is 10.1. The van der Waals surface area contributed by atoms with Gasteiger partial charge in [-0.15, -0.1) is 0 Å². The summed E-state index contributed by atoms with van der Waals surface area (Å²) in [4.78, 5) is 12.4. The minimum Gasteiger partial charge on any atom is -0.339 e. The van der Waals surface area contributed by atoms with Crippen LogP contribution in [0.3, 0.4) is 0 Å². The van der Waals surface area contributed by atoms with Crippen molar-refractivity contribution in [3.8, 4) is 6.07 Å². The molecule has 1 N–H and O–H groups in total. The summed E-state index contributed by atoms with van der Waals surface area (Å²) in [5.41, 5.74) is 1.56. The van der Waals surface area contributed by atoms with Crippen molar-refractivity contribution in [3.63, 3.8) is 0 Å². The summed E-state index contributed by atoms with van der Waals surface area (Å²) in [6.45, 7) is 0. The van der Waals surface area contributed by atoms with Gasteiger partial charge in [0, 0.05) is 16.7 Å². The molecule has 4 nitrogen and oxygen atoms in total. The number of aromatic nitrogens is 1. The first-order valence-corrected chi connectivity index (χ1v) is 7.64. The second kappa shape index (κ2) is 5.55. The number of rotatable bonds is 3. The fourth-order valence-electron chi connectivity index (χ4n) is 2.15. The predicted molar refractivity (Wildman–Crippen MR) is 84.5 cm³/mol. The Morgan fingerprint density at radius 3 is 2.81 bits per heavy atom. The number of hydrogen-bond acceptors (Lipinski definition) is 2. The second-order valence-electron chi connectivity index (χ2n) is 4.94. The van der Waals surface area contributed by atoms with Crippen LogP contribution in [-0.2, 0) is 0 Å². The van der Waals surface area contributed by atoms with E-state index in [4.69, 9.17) is 16.9 Å². The van der Waals surface area contributed by atoms with Gasteiger partial charge in [0.25, 0.3) is 5.91 Å². The van der Waals surface area contributed by atoms with Gasteiger partial charge in [-0.25, -0.2) is 0 Å². The van der Waals surface area contributed by atoms with Gasteiger partial charge in [-0.1, -0.05) is 11.6 Å². The Hall–Kier alpha value is -1.77. The zero-order valence-electron chi connectivity index (χ0n) is 10.9. The number of carbonyl (C=O) groups excluding carboxylic acids is 1. The van der Waals surface area contributed by atoms with Gasteiger partial charge in [0.2, 0.25) is 0 Å². The monoisotopic (exact) mass is 363 g/mol. The maximum Gasteiger partial charge on any atom is 0.272 e. The van der Waals surface area contributed by atoms with Crippen LogP contribution in [0.25, 0.3) is 0 Å². The molecule has 3 rings (SSSR count). The van der Waals surface area contributed by atoms with Crippen LogP contribution in [0, 0.1) is 11.3 Å². The van der Waals surface area contributed by atoms with E-state index in [-0.39, 0.29) is 5.91 Å². The molecule has 6 heteroatoms. The van der Waals surface area contributed by atoms with E-state index in [1.54, 1.807) is 18.2 Å². The number of halogens is 2. The van der Waals surface area contributed by atoms with E-state index >= 15 is 0 Å². The summed E-state index contributed by atoms with van der Waals surface area (Å²) in [5, 5.41) is 12.0. The predicted octanol–water partition coefficient (Wildman–Crippen LogP) is 4.36. The molecule has 0 atom stereocenters. The molecular weight excluding hydrogens is 354 g/mol. The minimum absolute atomic E-state index is 0.209. The van der Waals surface area contributed by atoms with Crippen molar-refractivity contribution >= 4 is 39.1 Å². The van der Waals surface area contributed by atoms with Crippen LogP contribution in [0.5, 0.6) is 0 Å². The van der Waals surface area contributed by atoms with Crippen molar-refractivity contribution in [1.29, 1.82) is 5.26 Å². The normalized spacial score (nSPS) is 13.8. The second-order valence-corrected chi connectivity index (χ2v) is 6.27. The Balaban J connectivity index is 1.85. The molecule has 1 aromatic carbocycles. The van der Waals surface area contributed by atoms with E-state index in [9.17, 15) is 4.79 Å². The van der Waals surface area contributed by atoms with Crippen molar-refractivity contribution in [2.75, 3.05) is 5.32 Å². The zero-order valence-corrected chi connectivity index (χ0v) is 13.3. The third-order valence-electron chi connectivity index (χ3n) is 3.33. The Morgan fingerprint density at radius 1 is 1.43 bits per heavy atom. The van der Waals surface area contributed by atoms with Gasteiger partial charge in [0.1, 0.15) is 5.69 Å². The van der Waals surface area contributed by atoms with Gasteiger partial charge in [0.15, 0.2) is 0 Å². The Morgan fingerprint density at radius 2 is 2.19 bits per heavy atom. The number of carbonyl (C=O) groups is 1. The largest absolute Gasteiger partial charge is 0.339 e. The highest BCUT2D eigenvalue weighted by atomic mass is 79.9. The topological polar surface area (TPSA) is 57.8 Å². The molecule has 1 fully saturated rings. The molecule has 0 saturated heterocycles. The lowest BCUT2D eigenvalue weighted by atomic mass is 10.2.